The topological polar surface area (TPSA) is 52.3 Å². The maximum Gasteiger partial charge on any atom is 0.404 e. The fourth-order valence-electron chi connectivity index (χ4n) is 2.05. The Bertz CT molecular complexity index is 374. The third kappa shape index (κ3) is 2.49. The summed E-state index contributed by atoms with van der Waals surface area (Å²) < 4.78 is 4.70. The summed E-state index contributed by atoms with van der Waals surface area (Å²) in [7, 11) is 0. The second kappa shape index (κ2) is 4.34. The first-order valence-corrected chi connectivity index (χ1v) is 5.28. The third-order valence-electron chi connectivity index (χ3n) is 2.80. The summed E-state index contributed by atoms with van der Waals surface area (Å²) in [6.45, 7) is 0.369. The van der Waals surface area contributed by atoms with E-state index in [0.29, 0.717) is 6.61 Å². The Hall–Kier alpha value is -1.51. The highest BCUT2D eigenvalue weighted by Gasteiger charge is 2.10. The van der Waals surface area contributed by atoms with Gasteiger partial charge >= 0.3 is 6.09 Å². The van der Waals surface area contributed by atoms with Gasteiger partial charge in [-0.1, -0.05) is 18.2 Å². The molecule has 2 N–H and O–H groups in total. The van der Waals surface area contributed by atoms with Crippen LogP contribution in [0.25, 0.3) is 0 Å². The average Bonchev–Trinajstić information content (AvgIpc) is 2.64. The number of primary amides is 1. The molecule has 0 radical (unpaired) electrons. The summed E-state index contributed by atoms with van der Waals surface area (Å²) in [6, 6.07) is 6.50. The van der Waals surface area contributed by atoms with Crippen molar-refractivity contribution in [1.82, 2.24) is 0 Å². The molecule has 0 heterocycles. The number of hydrogen-bond acceptors (Lipinski definition) is 2. The molecule has 0 fully saturated rings. The number of amides is 1. The molecule has 0 bridgehead atoms. The predicted molar refractivity (Wildman–Crippen MR) is 57.7 cm³/mol. The SMILES string of the molecule is NC(=O)OCCc1ccc2c(c1)CCC2. The third-order valence-corrected chi connectivity index (χ3v) is 2.80. The molecular weight excluding hydrogens is 190 g/mol. The summed E-state index contributed by atoms with van der Waals surface area (Å²) >= 11 is 0. The Morgan fingerprint density at radius 2 is 2.13 bits per heavy atom. The quantitative estimate of drug-likeness (QED) is 0.818. The number of carbonyl (C=O) groups is 1. The lowest BCUT2D eigenvalue weighted by molar-refractivity contribution is 0.158. The molecule has 0 aromatic heterocycles. The highest BCUT2D eigenvalue weighted by Crippen LogP contribution is 2.22. The van der Waals surface area contributed by atoms with Crippen LogP contribution in [0.1, 0.15) is 23.1 Å². The van der Waals surface area contributed by atoms with E-state index >= 15 is 0 Å². The molecule has 1 aliphatic rings. The van der Waals surface area contributed by atoms with Crippen molar-refractivity contribution in [3.63, 3.8) is 0 Å². The summed E-state index contributed by atoms with van der Waals surface area (Å²) in [4.78, 5) is 10.4. The number of nitrogens with two attached hydrogens (primary N) is 1. The van der Waals surface area contributed by atoms with Crippen LogP contribution in [-0.2, 0) is 24.0 Å². The molecule has 1 amide bonds. The molecule has 80 valence electrons. The van der Waals surface area contributed by atoms with Crippen LogP contribution in [0.15, 0.2) is 18.2 Å². The van der Waals surface area contributed by atoms with Gasteiger partial charge < -0.3 is 10.5 Å². The fourth-order valence-corrected chi connectivity index (χ4v) is 2.05. The zero-order chi connectivity index (χ0) is 10.7. The van der Waals surface area contributed by atoms with E-state index in [2.05, 4.69) is 18.2 Å². The lowest BCUT2D eigenvalue weighted by atomic mass is 10.0. The van der Waals surface area contributed by atoms with Crippen LogP contribution in [0.5, 0.6) is 0 Å². The number of hydrogen-bond donors (Lipinski definition) is 1. The number of ether oxygens (including phenoxy) is 1. The predicted octanol–water partition coefficient (Wildman–Crippen LogP) is 1.81. The molecule has 1 aromatic carbocycles. The van der Waals surface area contributed by atoms with E-state index in [1.165, 1.54) is 36.0 Å². The van der Waals surface area contributed by atoms with E-state index in [4.69, 9.17) is 10.5 Å². The number of aryl methyl sites for hydroxylation is 2. The molecular formula is C12H15NO2. The Kier molecular flexibility index (Phi) is 2.90. The second-order valence-corrected chi connectivity index (χ2v) is 3.87. The van der Waals surface area contributed by atoms with Crippen molar-refractivity contribution in [2.75, 3.05) is 6.61 Å². The van der Waals surface area contributed by atoms with Crippen molar-refractivity contribution in [3.05, 3.63) is 34.9 Å². The fraction of sp³-hybridized carbons (Fsp3) is 0.417. The van der Waals surface area contributed by atoms with Crippen LogP contribution in [0, 0.1) is 0 Å². The minimum Gasteiger partial charge on any atom is -0.449 e. The number of benzene rings is 1. The van der Waals surface area contributed by atoms with Crippen LogP contribution in [0.3, 0.4) is 0 Å². The van der Waals surface area contributed by atoms with Crippen molar-refractivity contribution in [3.8, 4) is 0 Å². The normalized spacial score (nSPS) is 13.6. The Labute approximate surface area is 89.2 Å². The minimum atomic E-state index is -0.698. The van der Waals surface area contributed by atoms with E-state index in [1.807, 2.05) is 0 Å². The molecule has 1 aromatic rings. The van der Waals surface area contributed by atoms with Gasteiger partial charge in [-0.05, 0) is 36.0 Å². The molecule has 2 rings (SSSR count). The van der Waals surface area contributed by atoms with Gasteiger partial charge in [0.25, 0.3) is 0 Å². The zero-order valence-electron chi connectivity index (χ0n) is 8.66. The van der Waals surface area contributed by atoms with Gasteiger partial charge in [0.05, 0.1) is 6.61 Å². The Morgan fingerprint density at radius 1 is 1.33 bits per heavy atom. The van der Waals surface area contributed by atoms with Crippen molar-refractivity contribution in [2.24, 2.45) is 5.73 Å². The molecule has 0 saturated heterocycles. The zero-order valence-corrected chi connectivity index (χ0v) is 8.66. The van der Waals surface area contributed by atoms with E-state index in [0.717, 1.165) is 6.42 Å². The van der Waals surface area contributed by atoms with Crippen LogP contribution in [-0.4, -0.2) is 12.7 Å². The first-order valence-electron chi connectivity index (χ1n) is 5.28. The highest BCUT2D eigenvalue weighted by molar-refractivity contribution is 5.64. The first-order chi connectivity index (χ1) is 7.25. The monoisotopic (exact) mass is 205 g/mol. The van der Waals surface area contributed by atoms with Gasteiger partial charge in [0.1, 0.15) is 0 Å². The molecule has 0 unspecified atom stereocenters. The van der Waals surface area contributed by atoms with E-state index in [-0.39, 0.29) is 0 Å². The first kappa shape index (κ1) is 10.0. The summed E-state index contributed by atoms with van der Waals surface area (Å²) in [6.07, 6.45) is 3.69. The molecule has 0 saturated carbocycles. The molecule has 3 heteroatoms. The maximum atomic E-state index is 10.4. The molecule has 0 aliphatic heterocycles. The van der Waals surface area contributed by atoms with Gasteiger partial charge in [0.2, 0.25) is 0 Å². The smallest absolute Gasteiger partial charge is 0.404 e. The van der Waals surface area contributed by atoms with Crippen molar-refractivity contribution < 1.29 is 9.53 Å². The summed E-state index contributed by atoms with van der Waals surface area (Å²) in [5.41, 5.74) is 9.02. The van der Waals surface area contributed by atoms with Crippen LogP contribution in [0.4, 0.5) is 4.79 Å². The van der Waals surface area contributed by atoms with Crippen molar-refractivity contribution >= 4 is 6.09 Å². The van der Waals surface area contributed by atoms with Crippen molar-refractivity contribution in [1.29, 1.82) is 0 Å². The van der Waals surface area contributed by atoms with E-state index in [9.17, 15) is 4.79 Å². The van der Waals surface area contributed by atoms with Crippen LogP contribution in [0.2, 0.25) is 0 Å². The lowest BCUT2D eigenvalue weighted by Crippen LogP contribution is -2.14. The Balaban J connectivity index is 1.95. The molecule has 0 spiro atoms. The van der Waals surface area contributed by atoms with Gasteiger partial charge in [-0.15, -0.1) is 0 Å². The van der Waals surface area contributed by atoms with Gasteiger partial charge in [-0.2, -0.15) is 0 Å². The molecule has 3 nitrogen and oxygen atoms in total. The minimum absolute atomic E-state index is 0.369. The largest absolute Gasteiger partial charge is 0.449 e. The lowest BCUT2D eigenvalue weighted by Gasteiger charge is -2.04. The summed E-state index contributed by atoms with van der Waals surface area (Å²) in [5, 5.41) is 0. The highest BCUT2D eigenvalue weighted by atomic mass is 16.5. The number of rotatable bonds is 3. The Morgan fingerprint density at radius 3 is 2.93 bits per heavy atom. The molecule has 15 heavy (non-hydrogen) atoms. The van der Waals surface area contributed by atoms with E-state index < -0.39 is 6.09 Å². The summed E-state index contributed by atoms with van der Waals surface area (Å²) in [5.74, 6) is 0. The number of carbonyl (C=O) groups excluding carboxylic acids is 1. The second-order valence-electron chi connectivity index (χ2n) is 3.87. The number of fused-ring (bicyclic) bond motifs is 1. The van der Waals surface area contributed by atoms with Crippen molar-refractivity contribution in [2.45, 2.75) is 25.7 Å². The maximum absolute atomic E-state index is 10.4. The standard InChI is InChI=1S/C12H15NO2/c13-12(14)15-7-6-9-4-5-10-2-1-3-11(10)8-9/h4-5,8H,1-3,6-7H2,(H2,13,14). The molecule has 1 aliphatic carbocycles. The van der Waals surface area contributed by atoms with Gasteiger partial charge in [0, 0.05) is 6.42 Å². The van der Waals surface area contributed by atoms with Gasteiger partial charge in [-0.3, -0.25) is 0 Å². The van der Waals surface area contributed by atoms with Gasteiger partial charge in [0.15, 0.2) is 0 Å². The van der Waals surface area contributed by atoms with Crippen LogP contribution < -0.4 is 5.73 Å². The van der Waals surface area contributed by atoms with E-state index in [1.54, 1.807) is 0 Å². The molecule has 0 atom stereocenters. The van der Waals surface area contributed by atoms with Crippen LogP contribution >= 0.6 is 0 Å². The van der Waals surface area contributed by atoms with Gasteiger partial charge in [-0.25, -0.2) is 4.79 Å². The average molecular weight is 205 g/mol.